The van der Waals surface area contributed by atoms with Gasteiger partial charge in [-0.25, -0.2) is 0 Å². The zero-order chi connectivity index (χ0) is 14.4. The molecule has 1 aromatic heterocycles. The Bertz CT molecular complexity index is 441. The number of pyridine rings is 1. The molecule has 1 aliphatic carbocycles. The second-order valence-electron chi connectivity index (χ2n) is 5.62. The highest BCUT2D eigenvalue weighted by Crippen LogP contribution is 2.24. The van der Waals surface area contributed by atoms with Gasteiger partial charge < -0.3 is 10.6 Å². The highest BCUT2D eigenvalue weighted by Gasteiger charge is 2.25. The van der Waals surface area contributed by atoms with Crippen molar-refractivity contribution >= 4 is 5.91 Å². The summed E-state index contributed by atoms with van der Waals surface area (Å²) < 4.78 is 0. The van der Waals surface area contributed by atoms with Crippen molar-refractivity contribution in [2.24, 2.45) is 5.73 Å². The van der Waals surface area contributed by atoms with Gasteiger partial charge >= 0.3 is 0 Å². The van der Waals surface area contributed by atoms with Crippen LogP contribution in [0.3, 0.4) is 0 Å². The number of aromatic nitrogens is 1. The Morgan fingerprint density at radius 1 is 1.40 bits per heavy atom. The predicted octanol–water partition coefficient (Wildman–Crippen LogP) is 2.51. The van der Waals surface area contributed by atoms with Gasteiger partial charge in [-0.1, -0.05) is 19.3 Å². The molecule has 0 radical (unpaired) electrons. The predicted molar refractivity (Wildman–Crippen MR) is 80.6 cm³/mol. The maximum absolute atomic E-state index is 12.8. The third-order valence-corrected chi connectivity index (χ3v) is 4.02. The third-order valence-electron chi connectivity index (χ3n) is 4.02. The first kappa shape index (κ1) is 15.0. The van der Waals surface area contributed by atoms with Gasteiger partial charge in [0.05, 0.1) is 0 Å². The summed E-state index contributed by atoms with van der Waals surface area (Å²) in [6, 6.07) is 4.07. The molecule has 4 nitrogen and oxygen atoms in total. The Kier molecular flexibility index (Phi) is 5.53. The van der Waals surface area contributed by atoms with E-state index in [0.29, 0.717) is 12.6 Å². The van der Waals surface area contributed by atoms with Crippen molar-refractivity contribution in [3.05, 3.63) is 29.6 Å². The standard InChI is InChI=1S/C16H25N3O/c1-13-12-14(8-10-18-13)16(20)19(11-5-9-17)15-6-3-2-4-7-15/h8,10,12,15H,2-7,9,11,17H2,1H3. The number of hydrogen-bond acceptors (Lipinski definition) is 3. The molecule has 0 saturated heterocycles. The van der Waals surface area contributed by atoms with E-state index in [1.807, 2.05) is 24.0 Å². The Labute approximate surface area is 121 Å². The van der Waals surface area contributed by atoms with Crippen molar-refractivity contribution in [2.45, 2.75) is 51.5 Å². The molecule has 4 heteroatoms. The maximum Gasteiger partial charge on any atom is 0.254 e. The molecule has 0 atom stereocenters. The Morgan fingerprint density at radius 3 is 2.80 bits per heavy atom. The molecule has 1 aromatic rings. The molecular weight excluding hydrogens is 250 g/mol. The van der Waals surface area contributed by atoms with Gasteiger partial charge in [-0.2, -0.15) is 0 Å². The van der Waals surface area contributed by atoms with Crippen LogP contribution >= 0.6 is 0 Å². The van der Waals surface area contributed by atoms with Crippen molar-refractivity contribution in [1.82, 2.24) is 9.88 Å². The number of carbonyl (C=O) groups is 1. The molecule has 1 aliphatic rings. The van der Waals surface area contributed by atoms with Crippen LogP contribution in [0, 0.1) is 6.92 Å². The number of nitrogens with zero attached hydrogens (tertiary/aromatic N) is 2. The quantitative estimate of drug-likeness (QED) is 0.898. The molecule has 1 fully saturated rings. The molecule has 0 aromatic carbocycles. The lowest BCUT2D eigenvalue weighted by molar-refractivity contribution is 0.0632. The van der Waals surface area contributed by atoms with Crippen molar-refractivity contribution in [1.29, 1.82) is 0 Å². The SMILES string of the molecule is Cc1cc(C(=O)N(CCCN)C2CCCCC2)ccn1. The zero-order valence-corrected chi connectivity index (χ0v) is 12.3. The number of rotatable bonds is 5. The zero-order valence-electron chi connectivity index (χ0n) is 12.3. The van der Waals surface area contributed by atoms with Gasteiger partial charge in [0.2, 0.25) is 0 Å². The Hall–Kier alpha value is -1.42. The largest absolute Gasteiger partial charge is 0.336 e. The average Bonchev–Trinajstić information content (AvgIpc) is 2.48. The summed E-state index contributed by atoms with van der Waals surface area (Å²) in [5.74, 6) is 0.135. The van der Waals surface area contributed by atoms with E-state index in [9.17, 15) is 4.79 Å². The van der Waals surface area contributed by atoms with E-state index in [2.05, 4.69) is 4.98 Å². The summed E-state index contributed by atoms with van der Waals surface area (Å²) in [5.41, 5.74) is 7.26. The van der Waals surface area contributed by atoms with E-state index in [4.69, 9.17) is 5.73 Å². The molecule has 1 amide bonds. The van der Waals surface area contributed by atoms with Gasteiger partial charge in [0.15, 0.2) is 0 Å². The lowest BCUT2D eigenvalue weighted by Crippen LogP contribution is -2.42. The molecule has 110 valence electrons. The molecule has 1 saturated carbocycles. The fourth-order valence-electron chi connectivity index (χ4n) is 2.95. The van der Waals surface area contributed by atoms with Crippen LogP contribution in [-0.4, -0.2) is 34.9 Å². The second-order valence-corrected chi connectivity index (χ2v) is 5.62. The van der Waals surface area contributed by atoms with Gasteiger partial charge in [0, 0.05) is 30.0 Å². The number of nitrogens with two attached hydrogens (primary N) is 1. The van der Waals surface area contributed by atoms with Gasteiger partial charge in [-0.3, -0.25) is 9.78 Å². The monoisotopic (exact) mass is 275 g/mol. The highest BCUT2D eigenvalue weighted by atomic mass is 16.2. The van der Waals surface area contributed by atoms with Crippen LogP contribution in [0.15, 0.2) is 18.3 Å². The van der Waals surface area contributed by atoms with Crippen molar-refractivity contribution in [2.75, 3.05) is 13.1 Å². The number of hydrogen-bond donors (Lipinski definition) is 1. The molecular formula is C16H25N3O. The first-order valence-electron chi connectivity index (χ1n) is 7.66. The Morgan fingerprint density at radius 2 is 2.15 bits per heavy atom. The van der Waals surface area contributed by atoms with Gasteiger partial charge in [-0.15, -0.1) is 0 Å². The summed E-state index contributed by atoms with van der Waals surface area (Å²) in [6.07, 6.45) is 8.58. The first-order chi connectivity index (χ1) is 9.72. The van der Waals surface area contributed by atoms with E-state index in [1.165, 1.54) is 19.3 Å². The fourth-order valence-corrected chi connectivity index (χ4v) is 2.95. The number of aryl methyl sites for hydroxylation is 1. The molecule has 0 aliphatic heterocycles. The van der Waals surface area contributed by atoms with E-state index < -0.39 is 0 Å². The van der Waals surface area contributed by atoms with E-state index in [1.54, 1.807) is 6.20 Å². The minimum absolute atomic E-state index is 0.135. The molecule has 20 heavy (non-hydrogen) atoms. The number of amides is 1. The third kappa shape index (κ3) is 3.79. The fraction of sp³-hybridized carbons (Fsp3) is 0.625. The van der Waals surface area contributed by atoms with Crippen LogP contribution in [0.5, 0.6) is 0 Å². The topological polar surface area (TPSA) is 59.2 Å². The molecule has 0 spiro atoms. The van der Waals surface area contributed by atoms with Gasteiger partial charge in [-0.05, 0) is 44.9 Å². The minimum atomic E-state index is 0.135. The molecule has 0 bridgehead atoms. The van der Waals surface area contributed by atoms with Crippen molar-refractivity contribution in [3.63, 3.8) is 0 Å². The van der Waals surface area contributed by atoms with Crippen LogP contribution < -0.4 is 5.73 Å². The van der Waals surface area contributed by atoms with Crippen LogP contribution in [0.1, 0.15) is 54.6 Å². The summed E-state index contributed by atoms with van der Waals surface area (Å²) >= 11 is 0. The lowest BCUT2D eigenvalue weighted by Gasteiger charge is -2.34. The van der Waals surface area contributed by atoms with Crippen LogP contribution in [0.2, 0.25) is 0 Å². The van der Waals surface area contributed by atoms with E-state index in [0.717, 1.165) is 37.1 Å². The normalized spacial score (nSPS) is 16.1. The second kappa shape index (κ2) is 7.39. The summed E-state index contributed by atoms with van der Waals surface area (Å²) in [7, 11) is 0. The highest BCUT2D eigenvalue weighted by molar-refractivity contribution is 5.94. The maximum atomic E-state index is 12.8. The summed E-state index contributed by atoms with van der Waals surface area (Å²) in [4.78, 5) is 19.0. The first-order valence-corrected chi connectivity index (χ1v) is 7.66. The van der Waals surface area contributed by atoms with Gasteiger partial charge in [0.25, 0.3) is 5.91 Å². The van der Waals surface area contributed by atoms with Crippen LogP contribution in [-0.2, 0) is 0 Å². The summed E-state index contributed by atoms with van der Waals surface area (Å²) in [6.45, 7) is 3.31. The van der Waals surface area contributed by atoms with E-state index in [-0.39, 0.29) is 5.91 Å². The van der Waals surface area contributed by atoms with E-state index >= 15 is 0 Å². The molecule has 1 heterocycles. The van der Waals surface area contributed by atoms with Crippen LogP contribution in [0.4, 0.5) is 0 Å². The van der Waals surface area contributed by atoms with Crippen LogP contribution in [0.25, 0.3) is 0 Å². The smallest absolute Gasteiger partial charge is 0.254 e. The van der Waals surface area contributed by atoms with Crippen molar-refractivity contribution < 1.29 is 4.79 Å². The average molecular weight is 275 g/mol. The number of carbonyl (C=O) groups excluding carboxylic acids is 1. The molecule has 2 N–H and O–H groups in total. The summed E-state index contributed by atoms with van der Waals surface area (Å²) in [5, 5.41) is 0. The van der Waals surface area contributed by atoms with Gasteiger partial charge in [0.1, 0.15) is 0 Å². The molecule has 2 rings (SSSR count). The Balaban J connectivity index is 2.14. The van der Waals surface area contributed by atoms with Crippen molar-refractivity contribution in [3.8, 4) is 0 Å². The lowest BCUT2D eigenvalue weighted by atomic mass is 9.93. The molecule has 0 unspecified atom stereocenters. The minimum Gasteiger partial charge on any atom is -0.336 e.